The number of rotatable bonds is 3. The van der Waals surface area contributed by atoms with E-state index in [1.807, 2.05) is 6.07 Å². The number of nitrogens with one attached hydrogen (secondary N) is 1. The minimum absolute atomic E-state index is 0.166. The Hall–Kier alpha value is -2.04. The van der Waals surface area contributed by atoms with Gasteiger partial charge >= 0.3 is 12.1 Å². The molecule has 1 aromatic rings. The third-order valence-electron chi connectivity index (χ3n) is 3.14. The summed E-state index contributed by atoms with van der Waals surface area (Å²) in [4.78, 5) is 22.7. The van der Waals surface area contributed by atoms with Crippen molar-refractivity contribution in [1.82, 2.24) is 5.32 Å². The molecule has 0 saturated carbocycles. The molecule has 5 nitrogen and oxygen atoms in total. The van der Waals surface area contributed by atoms with Crippen LogP contribution in [0.1, 0.15) is 47.8 Å². The molecule has 1 unspecified atom stereocenters. The summed E-state index contributed by atoms with van der Waals surface area (Å²) >= 11 is 0. The van der Waals surface area contributed by atoms with E-state index in [1.54, 1.807) is 26.0 Å². The van der Waals surface area contributed by atoms with Crippen molar-refractivity contribution in [3.63, 3.8) is 0 Å². The molecule has 102 valence electrons. The zero-order chi connectivity index (χ0) is 14.0. The Morgan fingerprint density at radius 2 is 2.16 bits per heavy atom. The molecular formula is C14H17NO4. The lowest BCUT2D eigenvalue weighted by Gasteiger charge is -2.16. The van der Waals surface area contributed by atoms with E-state index in [4.69, 9.17) is 9.84 Å². The molecule has 0 aromatic heterocycles. The van der Waals surface area contributed by atoms with Gasteiger partial charge in [-0.25, -0.2) is 9.59 Å². The molecular weight excluding hydrogens is 246 g/mol. The molecule has 0 aliphatic heterocycles. The molecule has 19 heavy (non-hydrogen) atoms. The maximum atomic E-state index is 11.6. The average molecular weight is 263 g/mol. The molecule has 0 fully saturated rings. The van der Waals surface area contributed by atoms with Crippen LogP contribution in [0.15, 0.2) is 18.2 Å². The number of carbonyl (C=O) groups is 2. The highest BCUT2D eigenvalue weighted by Crippen LogP contribution is 2.33. The molecule has 0 bridgehead atoms. The van der Waals surface area contributed by atoms with Crippen molar-refractivity contribution >= 4 is 12.1 Å². The number of carboxylic acid groups (broad SMARTS) is 1. The summed E-state index contributed by atoms with van der Waals surface area (Å²) < 4.78 is 5.04. The number of ether oxygens (including phenoxy) is 1. The van der Waals surface area contributed by atoms with Crippen LogP contribution in [0.5, 0.6) is 0 Å². The van der Waals surface area contributed by atoms with E-state index in [-0.39, 0.29) is 12.1 Å². The number of fused-ring (bicyclic) bond motifs is 1. The van der Waals surface area contributed by atoms with Crippen molar-refractivity contribution in [2.75, 3.05) is 0 Å². The van der Waals surface area contributed by atoms with E-state index in [9.17, 15) is 9.59 Å². The van der Waals surface area contributed by atoms with Crippen LogP contribution < -0.4 is 5.32 Å². The number of carbonyl (C=O) groups excluding carboxylic acids is 1. The Labute approximate surface area is 111 Å². The lowest BCUT2D eigenvalue weighted by Crippen LogP contribution is -2.29. The Morgan fingerprint density at radius 1 is 1.42 bits per heavy atom. The molecule has 1 aliphatic carbocycles. The predicted octanol–water partition coefficient (Wildman–Crippen LogP) is 2.51. The van der Waals surface area contributed by atoms with Gasteiger partial charge in [0.1, 0.15) is 0 Å². The van der Waals surface area contributed by atoms with E-state index in [0.29, 0.717) is 18.4 Å². The standard InChI is InChI=1S/C14H17NO4/c1-8(2)19-14(18)15-12-7-6-9-10(12)4-3-5-11(9)13(16)17/h3-5,8,12H,6-7H2,1-2H3,(H,15,18)(H,16,17). The van der Waals surface area contributed by atoms with Crippen LogP contribution in [0.2, 0.25) is 0 Å². The minimum atomic E-state index is -0.928. The van der Waals surface area contributed by atoms with Crippen LogP contribution in [0.25, 0.3) is 0 Å². The predicted molar refractivity (Wildman–Crippen MR) is 69.2 cm³/mol. The summed E-state index contributed by atoms with van der Waals surface area (Å²) in [6.45, 7) is 3.56. The Balaban J connectivity index is 2.16. The second kappa shape index (κ2) is 5.30. The maximum Gasteiger partial charge on any atom is 0.407 e. The van der Waals surface area contributed by atoms with Gasteiger partial charge in [0.25, 0.3) is 0 Å². The van der Waals surface area contributed by atoms with Gasteiger partial charge in [0.15, 0.2) is 0 Å². The Morgan fingerprint density at radius 3 is 2.79 bits per heavy atom. The van der Waals surface area contributed by atoms with Crippen LogP contribution >= 0.6 is 0 Å². The van der Waals surface area contributed by atoms with Gasteiger partial charge in [-0.3, -0.25) is 0 Å². The summed E-state index contributed by atoms with van der Waals surface area (Å²) in [5.41, 5.74) is 2.00. The van der Waals surface area contributed by atoms with E-state index in [1.165, 1.54) is 0 Å². The number of alkyl carbamates (subject to hydrolysis) is 1. The zero-order valence-electron chi connectivity index (χ0n) is 11.0. The van der Waals surface area contributed by atoms with E-state index >= 15 is 0 Å². The van der Waals surface area contributed by atoms with Crippen LogP contribution in [-0.2, 0) is 11.2 Å². The smallest absolute Gasteiger partial charge is 0.407 e. The topological polar surface area (TPSA) is 75.6 Å². The van der Waals surface area contributed by atoms with Crippen molar-refractivity contribution in [1.29, 1.82) is 0 Å². The highest BCUT2D eigenvalue weighted by molar-refractivity contribution is 5.90. The average Bonchev–Trinajstić information content (AvgIpc) is 2.71. The quantitative estimate of drug-likeness (QED) is 0.878. The summed E-state index contributed by atoms with van der Waals surface area (Å²) in [5.74, 6) is -0.928. The molecule has 0 spiro atoms. The fourth-order valence-corrected chi connectivity index (χ4v) is 2.39. The fourth-order valence-electron chi connectivity index (χ4n) is 2.39. The molecule has 0 saturated heterocycles. The summed E-state index contributed by atoms with van der Waals surface area (Å²) in [5, 5.41) is 11.9. The molecule has 2 rings (SSSR count). The lowest BCUT2D eigenvalue weighted by molar-refractivity contribution is 0.0695. The molecule has 1 aromatic carbocycles. The summed E-state index contributed by atoms with van der Waals surface area (Å²) in [7, 11) is 0. The van der Waals surface area contributed by atoms with Crippen molar-refractivity contribution in [2.45, 2.75) is 38.8 Å². The number of aromatic carboxylic acids is 1. The first-order valence-corrected chi connectivity index (χ1v) is 6.31. The van der Waals surface area contributed by atoms with Gasteiger partial charge in [-0.2, -0.15) is 0 Å². The SMILES string of the molecule is CC(C)OC(=O)NC1CCc2c(C(=O)O)cccc21. The van der Waals surface area contributed by atoms with Crippen LogP contribution in [0.3, 0.4) is 0 Å². The lowest BCUT2D eigenvalue weighted by atomic mass is 10.0. The van der Waals surface area contributed by atoms with Crippen molar-refractivity contribution in [3.8, 4) is 0 Å². The molecule has 1 amide bonds. The van der Waals surface area contributed by atoms with E-state index in [2.05, 4.69) is 5.32 Å². The number of amides is 1. The normalized spacial score (nSPS) is 17.1. The minimum Gasteiger partial charge on any atom is -0.478 e. The molecule has 2 N–H and O–H groups in total. The summed E-state index contributed by atoms with van der Waals surface area (Å²) in [6, 6.07) is 4.99. The third kappa shape index (κ3) is 2.86. The van der Waals surface area contributed by atoms with Gasteiger partial charge in [-0.15, -0.1) is 0 Å². The number of carboxylic acids is 1. The van der Waals surface area contributed by atoms with Gasteiger partial charge in [-0.05, 0) is 43.9 Å². The first-order chi connectivity index (χ1) is 8.99. The molecule has 5 heteroatoms. The molecule has 0 heterocycles. The zero-order valence-corrected chi connectivity index (χ0v) is 11.0. The van der Waals surface area contributed by atoms with Crippen molar-refractivity contribution in [3.05, 3.63) is 34.9 Å². The number of benzene rings is 1. The Bertz CT molecular complexity index is 510. The monoisotopic (exact) mass is 263 g/mol. The summed E-state index contributed by atoms with van der Waals surface area (Å²) in [6.07, 6.45) is 0.719. The third-order valence-corrected chi connectivity index (χ3v) is 3.14. The van der Waals surface area contributed by atoms with Crippen LogP contribution in [-0.4, -0.2) is 23.3 Å². The van der Waals surface area contributed by atoms with Crippen LogP contribution in [0.4, 0.5) is 4.79 Å². The van der Waals surface area contributed by atoms with Gasteiger partial charge in [0.05, 0.1) is 17.7 Å². The van der Waals surface area contributed by atoms with E-state index < -0.39 is 12.1 Å². The number of hydrogen-bond acceptors (Lipinski definition) is 3. The number of hydrogen-bond donors (Lipinski definition) is 2. The van der Waals surface area contributed by atoms with E-state index in [0.717, 1.165) is 11.1 Å². The second-order valence-electron chi connectivity index (χ2n) is 4.87. The molecule has 0 radical (unpaired) electrons. The second-order valence-corrected chi connectivity index (χ2v) is 4.87. The Kier molecular flexibility index (Phi) is 3.74. The van der Waals surface area contributed by atoms with Gasteiger partial charge in [0.2, 0.25) is 0 Å². The molecule has 1 atom stereocenters. The van der Waals surface area contributed by atoms with Gasteiger partial charge < -0.3 is 15.2 Å². The first kappa shape index (κ1) is 13.4. The van der Waals surface area contributed by atoms with Crippen molar-refractivity contribution in [2.24, 2.45) is 0 Å². The first-order valence-electron chi connectivity index (χ1n) is 6.31. The van der Waals surface area contributed by atoms with Gasteiger partial charge in [-0.1, -0.05) is 12.1 Å². The van der Waals surface area contributed by atoms with Gasteiger partial charge in [0, 0.05) is 0 Å². The molecule has 1 aliphatic rings. The highest BCUT2D eigenvalue weighted by atomic mass is 16.6. The van der Waals surface area contributed by atoms with Crippen LogP contribution in [0, 0.1) is 0 Å². The largest absolute Gasteiger partial charge is 0.478 e. The fraction of sp³-hybridized carbons (Fsp3) is 0.429. The highest BCUT2D eigenvalue weighted by Gasteiger charge is 2.28. The van der Waals surface area contributed by atoms with Crippen molar-refractivity contribution < 1.29 is 19.4 Å². The maximum absolute atomic E-state index is 11.6.